The summed E-state index contributed by atoms with van der Waals surface area (Å²) >= 11 is 3.19. The van der Waals surface area contributed by atoms with E-state index in [0.29, 0.717) is 10.2 Å². The van der Waals surface area contributed by atoms with E-state index in [4.69, 9.17) is 0 Å². The van der Waals surface area contributed by atoms with Crippen LogP contribution < -0.4 is 5.32 Å². The van der Waals surface area contributed by atoms with Crippen molar-refractivity contribution in [2.24, 2.45) is 0 Å². The van der Waals surface area contributed by atoms with E-state index in [9.17, 15) is 9.18 Å². The molecule has 98 valence electrons. The Kier molecular flexibility index (Phi) is 4.00. The van der Waals surface area contributed by atoms with Crippen LogP contribution in [0.5, 0.6) is 0 Å². The SMILES string of the molecule is Cc1cc(C)cc(NC(=O)c2c(F)cccc2Br)c1. The molecule has 1 amide bonds. The van der Waals surface area contributed by atoms with Gasteiger partial charge < -0.3 is 5.32 Å². The Labute approximate surface area is 119 Å². The molecule has 19 heavy (non-hydrogen) atoms. The summed E-state index contributed by atoms with van der Waals surface area (Å²) in [5.74, 6) is -1.01. The van der Waals surface area contributed by atoms with Crippen LogP contribution >= 0.6 is 15.9 Å². The van der Waals surface area contributed by atoms with Gasteiger partial charge in [0.25, 0.3) is 5.91 Å². The van der Waals surface area contributed by atoms with E-state index in [2.05, 4.69) is 21.2 Å². The van der Waals surface area contributed by atoms with Crippen LogP contribution in [0, 0.1) is 19.7 Å². The number of nitrogens with one attached hydrogen (secondary N) is 1. The highest BCUT2D eigenvalue weighted by atomic mass is 79.9. The number of carbonyl (C=O) groups excluding carboxylic acids is 1. The largest absolute Gasteiger partial charge is 0.322 e. The lowest BCUT2D eigenvalue weighted by Crippen LogP contribution is -2.14. The Morgan fingerprint density at radius 3 is 2.37 bits per heavy atom. The zero-order valence-electron chi connectivity index (χ0n) is 10.6. The third-order valence-electron chi connectivity index (χ3n) is 2.67. The fraction of sp³-hybridized carbons (Fsp3) is 0.133. The highest BCUT2D eigenvalue weighted by Gasteiger charge is 2.15. The number of rotatable bonds is 2. The van der Waals surface area contributed by atoms with Crippen LogP contribution in [0.25, 0.3) is 0 Å². The van der Waals surface area contributed by atoms with Crippen molar-refractivity contribution in [2.45, 2.75) is 13.8 Å². The average Bonchev–Trinajstić information content (AvgIpc) is 2.26. The molecule has 0 aliphatic carbocycles. The zero-order valence-corrected chi connectivity index (χ0v) is 12.2. The van der Waals surface area contributed by atoms with Gasteiger partial charge in [-0.2, -0.15) is 0 Å². The lowest BCUT2D eigenvalue weighted by atomic mass is 10.1. The Balaban J connectivity index is 2.31. The van der Waals surface area contributed by atoms with Crippen LogP contribution in [0.4, 0.5) is 10.1 Å². The minimum atomic E-state index is -0.545. The van der Waals surface area contributed by atoms with Crippen molar-refractivity contribution >= 4 is 27.5 Å². The lowest BCUT2D eigenvalue weighted by molar-refractivity contribution is 0.102. The Morgan fingerprint density at radius 1 is 1.16 bits per heavy atom. The third-order valence-corrected chi connectivity index (χ3v) is 3.33. The van der Waals surface area contributed by atoms with E-state index < -0.39 is 11.7 Å². The summed E-state index contributed by atoms with van der Waals surface area (Å²) in [7, 11) is 0. The summed E-state index contributed by atoms with van der Waals surface area (Å²) in [5.41, 5.74) is 2.77. The molecule has 0 radical (unpaired) electrons. The van der Waals surface area contributed by atoms with Gasteiger partial charge >= 0.3 is 0 Å². The second kappa shape index (κ2) is 5.53. The molecule has 1 N–H and O–H groups in total. The molecule has 0 spiro atoms. The average molecular weight is 322 g/mol. The summed E-state index contributed by atoms with van der Waals surface area (Å²) in [6.07, 6.45) is 0. The van der Waals surface area contributed by atoms with Crippen molar-refractivity contribution in [3.05, 3.63) is 63.4 Å². The van der Waals surface area contributed by atoms with E-state index in [1.165, 1.54) is 6.07 Å². The van der Waals surface area contributed by atoms with Gasteiger partial charge in [-0.15, -0.1) is 0 Å². The molecular formula is C15H13BrFNO. The quantitative estimate of drug-likeness (QED) is 0.869. The lowest BCUT2D eigenvalue weighted by Gasteiger charge is -2.09. The van der Waals surface area contributed by atoms with Gasteiger partial charge in [-0.05, 0) is 65.2 Å². The molecule has 0 aliphatic rings. The second-order valence-corrected chi connectivity index (χ2v) is 5.28. The first-order valence-electron chi connectivity index (χ1n) is 5.81. The minimum Gasteiger partial charge on any atom is -0.322 e. The molecule has 0 fully saturated rings. The minimum absolute atomic E-state index is 0.0154. The second-order valence-electron chi connectivity index (χ2n) is 4.43. The maximum Gasteiger partial charge on any atom is 0.259 e. The van der Waals surface area contributed by atoms with Gasteiger partial charge in [-0.25, -0.2) is 4.39 Å². The smallest absolute Gasteiger partial charge is 0.259 e. The fourth-order valence-corrected chi connectivity index (χ4v) is 2.48. The summed E-state index contributed by atoms with van der Waals surface area (Å²) in [4.78, 5) is 12.1. The predicted octanol–water partition coefficient (Wildman–Crippen LogP) is 4.46. The molecule has 0 aliphatic heterocycles. The topological polar surface area (TPSA) is 29.1 Å². The molecule has 2 aromatic rings. The molecule has 0 heterocycles. The van der Waals surface area contributed by atoms with Crippen molar-refractivity contribution in [1.29, 1.82) is 0 Å². The van der Waals surface area contributed by atoms with Gasteiger partial charge in [-0.3, -0.25) is 4.79 Å². The maximum absolute atomic E-state index is 13.7. The molecule has 0 atom stereocenters. The standard InChI is InChI=1S/C15H13BrFNO/c1-9-6-10(2)8-11(7-9)18-15(19)14-12(16)4-3-5-13(14)17/h3-8H,1-2H3,(H,18,19). The first-order valence-corrected chi connectivity index (χ1v) is 6.60. The molecular weight excluding hydrogens is 309 g/mol. The number of hydrogen-bond donors (Lipinski definition) is 1. The molecule has 2 rings (SSSR count). The van der Waals surface area contributed by atoms with E-state index in [0.717, 1.165) is 11.1 Å². The Morgan fingerprint density at radius 2 is 1.79 bits per heavy atom. The molecule has 2 nitrogen and oxygen atoms in total. The maximum atomic E-state index is 13.7. The normalized spacial score (nSPS) is 10.3. The highest BCUT2D eigenvalue weighted by Crippen LogP contribution is 2.22. The van der Waals surface area contributed by atoms with E-state index in [1.54, 1.807) is 12.1 Å². The molecule has 2 aromatic carbocycles. The summed E-state index contributed by atoms with van der Waals surface area (Å²) in [6, 6.07) is 10.2. The van der Waals surface area contributed by atoms with Crippen molar-refractivity contribution < 1.29 is 9.18 Å². The van der Waals surface area contributed by atoms with Crippen LogP contribution in [0.1, 0.15) is 21.5 Å². The molecule has 0 saturated heterocycles. The van der Waals surface area contributed by atoms with E-state index in [1.807, 2.05) is 32.0 Å². The summed E-state index contributed by atoms with van der Waals surface area (Å²) in [5, 5.41) is 2.71. The number of halogens is 2. The van der Waals surface area contributed by atoms with Crippen LogP contribution in [-0.4, -0.2) is 5.91 Å². The van der Waals surface area contributed by atoms with Crippen LogP contribution in [-0.2, 0) is 0 Å². The van der Waals surface area contributed by atoms with Gasteiger partial charge in [0.1, 0.15) is 5.82 Å². The Bertz CT molecular complexity index is 600. The molecule has 0 aromatic heterocycles. The van der Waals surface area contributed by atoms with Gasteiger partial charge in [-0.1, -0.05) is 12.1 Å². The number of benzene rings is 2. The van der Waals surface area contributed by atoms with E-state index >= 15 is 0 Å². The van der Waals surface area contributed by atoms with Crippen molar-refractivity contribution in [3.8, 4) is 0 Å². The van der Waals surface area contributed by atoms with Crippen LogP contribution in [0.15, 0.2) is 40.9 Å². The zero-order chi connectivity index (χ0) is 14.0. The number of carbonyl (C=O) groups is 1. The molecule has 0 unspecified atom stereocenters. The van der Waals surface area contributed by atoms with Gasteiger partial charge in [0.15, 0.2) is 0 Å². The first-order chi connectivity index (χ1) is 8.97. The number of anilines is 1. The number of amides is 1. The van der Waals surface area contributed by atoms with Crippen LogP contribution in [0.3, 0.4) is 0 Å². The van der Waals surface area contributed by atoms with Gasteiger partial charge in [0.2, 0.25) is 0 Å². The molecule has 0 bridgehead atoms. The predicted molar refractivity (Wildman–Crippen MR) is 78.0 cm³/mol. The van der Waals surface area contributed by atoms with Gasteiger partial charge in [0, 0.05) is 10.2 Å². The monoisotopic (exact) mass is 321 g/mol. The van der Waals surface area contributed by atoms with Crippen molar-refractivity contribution in [1.82, 2.24) is 0 Å². The summed E-state index contributed by atoms with van der Waals surface area (Å²) in [6.45, 7) is 3.89. The van der Waals surface area contributed by atoms with Crippen molar-refractivity contribution in [2.75, 3.05) is 5.32 Å². The summed E-state index contributed by atoms with van der Waals surface area (Å²) < 4.78 is 14.1. The van der Waals surface area contributed by atoms with Crippen LogP contribution in [0.2, 0.25) is 0 Å². The first kappa shape index (κ1) is 13.7. The molecule has 0 saturated carbocycles. The number of hydrogen-bond acceptors (Lipinski definition) is 1. The third kappa shape index (κ3) is 3.20. The van der Waals surface area contributed by atoms with Gasteiger partial charge in [0.05, 0.1) is 5.56 Å². The highest BCUT2D eigenvalue weighted by molar-refractivity contribution is 9.10. The Hall–Kier alpha value is -1.68. The molecule has 4 heteroatoms. The van der Waals surface area contributed by atoms with Crippen molar-refractivity contribution in [3.63, 3.8) is 0 Å². The fourth-order valence-electron chi connectivity index (χ4n) is 1.96. The number of aryl methyl sites for hydroxylation is 2. The van der Waals surface area contributed by atoms with E-state index in [-0.39, 0.29) is 5.56 Å².